The van der Waals surface area contributed by atoms with Gasteiger partial charge >= 0.3 is 0 Å². The van der Waals surface area contributed by atoms with Crippen molar-refractivity contribution in [3.8, 4) is 0 Å². The lowest BCUT2D eigenvalue weighted by atomic mass is 10.1. The molecular weight excluding hydrogens is 202 g/mol. The number of hydrogen-bond donors (Lipinski definition) is 0. The second kappa shape index (κ2) is 3.65. The lowest BCUT2D eigenvalue weighted by molar-refractivity contribution is -0.141. The normalized spacial score (nSPS) is 25.6. The lowest BCUT2D eigenvalue weighted by Crippen LogP contribution is -2.53. The van der Waals surface area contributed by atoms with Crippen LogP contribution in [0.1, 0.15) is 13.3 Å². The molecular formula is C9H11NO3S. The molecule has 1 saturated heterocycles. The van der Waals surface area contributed by atoms with Gasteiger partial charge < -0.3 is 9.64 Å². The molecule has 1 amide bonds. The number of ether oxygens (including phenoxy) is 1. The lowest BCUT2D eigenvalue weighted by Gasteiger charge is -2.44. The van der Waals surface area contributed by atoms with Crippen LogP contribution in [0.4, 0.5) is 0 Å². The summed E-state index contributed by atoms with van der Waals surface area (Å²) in [5, 5.41) is 0.322. The van der Waals surface area contributed by atoms with Crippen LogP contribution in [0.25, 0.3) is 0 Å². The van der Waals surface area contributed by atoms with Crippen LogP contribution in [0.5, 0.6) is 0 Å². The van der Waals surface area contributed by atoms with Gasteiger partial charge in [-0.1, -0.05) is 0 Å². The highest BCUT2D eigenvalue weighted by molar-refractivity contribution is 8.03. The quantitative estimate of drug-likeness (QED) is 0.512. The fraction of sp³-hybridized carbons (Fsp3) is 0.556. The molecule has 0 aromatic rings. The number of nitrogens with zero attached hydrogens (tertiary/aromatic N) is 1. The van der Waals surface area contributed by atoms with E-state index in [1.165, 1.54) is 4.91 Å². The first-order chi connectivity index (χ1) is 6.72. The van der Waals surface area contributed by atoms with Crippen LogP contribution in [0.3, 0.4) is 0 Å². The van der Waals surface area contributed by atoms with Crippen LogP contribution in [0, 0.1) is 0 Å². The summed E-state index contributed by atoms with van der Waals surface area (Å²) >= 11 is 1.69. The van der Waals surface area contributed by atoms with Gasteiger partial charge in [-0.25, -0.2) is 0 Å². The number of thioether (sulfide) groups is 1. The molecule has 2 heterocycles. The van der Waals surface area contributed by atoms with E-state index in [-0.39, 0.29) is 5.91 Å². The number of amides is 1. The zero-order valence-corrected chi connectivity index (χ0v) is 8.67. The van der Waals surface area contributed by atoms with E-state index in [9.17, 15) is 9.59 Å². The molecule has 0 bridgehead atoms. The molecule has 76 valence electrons. The highest BCUT2D eigenvalue weighted by Gasteiger charge is 2.40. The zero-order chi connectivity index (χ0) is 10.1. The third kappa shape index (κ3) is 1.52. The van der Waals surface area contributed by atoms with E-state index >= 15 is 0 Å². The summed E-state index contributed by atoms with van der Waals surface area (Å²) in [6.45, 7) is 3.37. The van der Waals surface area contributed by atoms with E-state index in [4.69, 9.17) is 4.74 Å². The highest BCUT2D eigenvalue weighted by Crippen LogP contribution is 2.40. The minimum atomic E-state index is 0.193. The first-order valence-electron chi connectivity index (χ1n) is 4.42. The van der Waals surface area contributed by atoms with Crippen molar-refractivity contribution in [3.05, 3.63) is 10.5 Å². The summed E-state index contributed by atoms with van der Waals surface area (Å²) in [7, 11) is 0. The second-order valence-electron chi connectivity index (χ2n) is 3.37. The maximum Gasteiger partial charge on any atom is 0.293 e. The van der Waals surface area contributed by atoms with Crippen LogP contribution < -0.4 is 0 Å². The Morgan fingerprint density at radius 1 is 1.71 bits per heavy atom. The van der Waals surface area contributed by atoms with Crippen molar-refractivity contribution in [2.45, 2.75) is 18.7 Å². The Morgan fingerprint density at radius 3 is 3.14 bits per heavy atom. The molecule has 4 nitrogen and oxygen atoms in total. The average molecular weight is 213 g/mol. The van der Waals surface area contributed by atoms with Crippen molar-refractivity contribution in [2.24, 2.45) is 0 Å². The Labute approximate surface area is 86.3 Å². The molecule has 0 spiro atoms. The van der Waals surface area contributed by atoms with Crippen molar-refractivity contribution in [1.29, 1.82) is 0 Å². The minimum absolute atomic E-state index is 0.193. The number of carbonyl (C=O) groups is 2. The van der Waals surface area contributed by atoms with Gasteiger partial charge in [-0.05, 0) is 17.4 Å². The van der Waals surface area contributed by atoms with Crippen LogP contribution in [-0.2, 0) is 14.3 Å². The SMILES string of the molecule is CC1=C(COC=O)CN2C(=O)C[C@H]2S1. The Kier molecular flexibility index (Phi) is 2.50. The van der Waals surface area contributed by atoms with Crippen molar-refractivity contribution < 1.29 is 14.3 Å². The smallest absolute Gasteiger partial charge is 0.293 e. The topological polar surface area (TPSA) is 46.6 Å². The van der Waals surface area contributed by atoms with Crippen molar-refractivity contribution in [1.82, 2.24) is 4.90 Å². The summed E-state index contributed by atoms with van der Waals surface area (Å²) in [4.78, 5) is 24.2. The Balaban J connectivity index is 2.04. The number of hydrogen-bond acceptors (Lipinski definition) is 4. The van der Waals surface area contributed by atoms with Crippen molar-refractivity contribution in [3.63, 3.8) is 0 Å². The molecule has 0 radical (unpaired) electrons. The third-order valence-corrected chi connectivity index (χ3v) is 3.85. The molecule has 1 atom stereocenters. The van der Waals surface area contributed by atoms with E-state index in [1.807, 2.05) is 11.8 Å². The van der Waals surface area contributed by atoms with Gasteiger partial charge in [0.05, 0.1) is 11.8 Å². The molecule has 0 aromatic heterocycles. The summed E-state index contributed by atoms with van der Waals surface area (Å²) in [6.07, 6.45) is 0.643. The van der Waals surface area contributed by atoms with E-state index < -0.39 is 0 Å². The van der Waals surface area contributed by atoms with Crippen molar-refractivity contribution in [2.75, 3.05) is 13.2 Å². The average Bonchev–Trinajstić information content (AvgIpc) is 2.16. The predicted octanol–water partition coefficient (Wildman–Crippen LogP) is 0.739. The first-order valence-corrected chi connectivity index (χ1v) is 5.30. The van der Waals surface area contributed by atoms with Gasteiger partial charge in [-0.3, -0.25) is 9.59 Å². The highest BCUT2D eigenvalue weighted by atomic mass is 32.2. The largest absolute Gasteiger partial charge is 0.463 e. The molecule has 2 aliphatic rings. The third-order valence-electron chi connectivity index (χ3n) is 2.51. The van der Waals surface area contributed by atoms with Gasteiger partial charge in [0, 0.05) is 6.54 Å². The van der Waals surface area contributed by atoms with E-state index in [2.05, 4.69) is 0 Å². The molecule has 0 unspecified atom stereocenters. The Hall–Kier alpha value is -0.970. The van der Waals surface area contributed by atoms with Gasteiger partial charge in [-0.15, -0.1) is 11.8 Å². The molecule has 0 saturated carbocycles. The summed E-state index contributed by atoms with van der Waals surface area (Å²) in [5.41, 5.74) is 1.03. The molecule has 0 aliphatic carbocycles. The number of β-lactam (4-membered cyclic amide) rings is 1. The second-order valence-corrected chi connectivity index (χ2v) is 4.76. The number of carbonyl (C=O) groups excluding carboxylic acids is 2. The maximum absolute atomic E-state index is 11.2. The Morgan fingerprint density at radius 2 is 2.50 bits per heavy atom. The summed E-state index contributed by atoms with van der Waals surface area (Å²) in [6, 6.07) is 0. The van der Waals surface area contributed by atoms with E-state index in [1.54, 1.807) is 11.8 Å². The summed E-state index contributed by atoms with van der Waals surface area (Å²) in [5.74, 6) is 0.193. The Bertz CT molecular complexity index is 313. The van der Waals surface area contributed by atoms with E-state index in [0.717, 1.165) is 5.57 Å². The van der Waals surface area contributed by atoms with Gasteiger partial charge in [0.25, 0.3) is 6.47 Å². The number of allylic oxidation sites excluding steroid dienone is 1. The van der Waals surface area contributed by atoms with Crippen molar-refractivity contribution >= 4 is 24.1 Å². The van der Waals surface area contributed by atoms with E-state index in [0.29, 0.717) is 31.4 Å². The molecule has 1 fully saturated rings. The van der Waals surface area contributed by atoms with Crippen LogP contribution in [-0.4, -0.2) is 35.8 Å². The fourth-order valence-electron chi connectivity index (χ4n) is 1.61. The van der Waals surface area contributed by atoms with Crippen LogP contribution in [0.2, 0.25) is 0 Å². The van der Waals surface area contributed by atoms with Gasteiger partial charge in [0.2, 0.25) is 5.91 Å². The molecule has 2 rings (SSSR count). The first kappa shape index (κ1) is 9.58. The fourth-order valence-corrected chi connectivity index (χ4v) is 2.85. The summed E-state index contributed by atoms with van der Waals surface area (Å²) < 4.78 is 4.70. The maximum atomic E-state index is 11.2. The van der Waals surface area contributed by atoms with Crippen LogP contribution in [0.15, 0.2) is 10.5 Å². The predicted molar refractivity (Wildman–Crippen MR) is 52.4 cm³/mol. The monoisotopic (exact) mass is 213 g/mol. The van der Waals surface area contributed by atoms with Gasteiger partial charge in [0.1, 0.15) is 6.61 Å². The molecule has 5 heteroatoms. The minimum Gasteiger partial charge on any atom is -0.463 e. The molecule has 0 N–H and O–H groups in total. The van der Waals surface area contributed by atoms with Crippen LogP contribution >= 0.6 is 11.8 Å². The number of rotatable bonds is 3. The molecule has 14 heavy (non-hydrogen) atoms. The standard InChI is InChI=1S/C9H11NO3S/c1-6-7(4-13-5-11)3-10-8(12)2-9(10)14-6/h5,9H,2-4H2,1H3/t9-/m1/s1. The molecule has 0 aromatic carbocycles. The zero-order valence-electron chi connectivity index (χ0n) is 7.86. The van der Waals surface area contributed by atoms with Gasteiger partial charge in [-0.2, -0.15) is 0 Å². The van der Waals surface area contributed by atoms with Gasteiger partial charge in [0.15, 0.2) is 0 Å². The number of fused-ring (bicyclic) bond motifs is 1. The molecule has 2 aliphatic heterocycles.